The molecular weight excluding hydrogens is 856 g/mol. The van der Waals surface area contributed by atoms with Crippen LogP contribution in [0.3, 0.4) is 0 Å². The van der Waals surface area contributed by atoms with Crippen LogP contribution in [-0.4, -0.2) is 129 Å². The summed E-state index contributed by atoms with van der Waals surface area (Å²) >= 11 is 3.70. The van der Waals surface area contributed by atoms with Gasteiger partial charge in [0, 0.05) is 48.5 Å². The minimum absolute atomic E-state index is 0.104. The van der Waals surface area contributed by atoms with Crippen LogP contribution in [0.5, 0.6) is 11.5 Å². The van der Waals surface area contributed by atoms with E-state index in [0.717, 1.165) is 34.1 Å². The molecule has 336 valence electrons. The number of aliphatic hydroxyl groups excluding tert-OH is 1. The molecule has 5 aliphatic rings. The molecule has 15 heteroatoms. The van der Waals surface area contributed by atoms with Crippen molar-refractivity contribution in [2.24, 2.45) is 17.8 Å². The summed E-state index contributed by atoms with van der Waals surface area (Å²) in [6.07, 6.45) is 5.62. The quantitative estimate of drug-likeness (QED) is 0.136. The summed E-state index contributed by atoms with van der Waals surface area (Å²) in [7, 11) is 2.03. The van der Waals surface area contributed by atoms with Crippen LogP contribution in [0.1, 0.15) is 71.9 Å². The third-order valence-electron chi connectivity index (χ3n) is 12.7. The minimum Gasteiger partial charge on any atom is -0.487 e. The predicted octanol–water partition coefficient (Wildman–Crippen LogP) is 5.18. The van der Waals surface area contributed by atoms with Crippen molar-refractivity contribution in [3.63, 3.8) is 0 Å². The summed E-state index contributed by atoms with van der Waals surface area (Å²) in [5.74, 6) is -2.72. The van der Waals surface area contributed by atoms with E-state index in [9.17, 15) is 24.6 Å². The van der Waals surface area contributed by atoms with Gasteiger partial charge in [-0.05, 0) is 89.5 Å². The number of likely N-dealkylation sites (N-methyl/N-ethyl adjacent to an activating group) is 1. The molecule has 14 nitrogen and oxygen atoms in total. The van der Waals surface area contributed by atoms with Crippen molar-refractivity contribution in [1.82, 2.24) is 30.3 Å². The predicted molar refractivity (Wildman–Crippen MR) is 241 cm³/mol. The largest absolute Gasteiger partial charge is 0.487 e. The fourth-order valence-electron chi connectivity index (χ4n) is 9.60. The van der Waals surface area contributed by atoms with Crippen molar-refractivity contribution in [3.8, 4) is 11.5 Å². The van der Waals surface area contributed by atoms with Crippen molar-refractivity contribution in [2.45, 2.75) is 109 Å². The number of hydrogen-bond acceptors (Lipinski definition) is 10. The molecule has 3 amide bonds. The highest BCUT2D eigenvalue weighted by Crippen LogP contribution is 2.49. The molecule has 0 saturated carbocycles. The third kappa shape index (κ3) is 8.56. The zero-order valence-electron chi connectivity index (χ0n) is 36.9. The first kappa shape index (κ1) is 45.8. The number of fused-ring (bicyclic) bond motifs is 5. The molecular formula is C47H63BrN6O8. The lowest BCUT2D eigenvalue weighted by Gasteiger charge is -2.49. The number of nitrogens with one attached hydrogen (secondary N) is 3. The molecule has 5 N–H and O–H groups in total. The van der Waals surface area contributed by atoms with Gasteiger partial charge in [-0.15, -0.1) is 0 Å². The number of para-hydroxylation sites is 2. The zero-order chi connectivity index (χ0) is 44.7. The lowest BCUT2D eigenvalue weighted by atomic mass is 9.79. The van der Waals surface area contributed by atoms with E-state index in [1.807, 2.05) is 71.2 Å². The van der Waals surface area contributed by atoms with Gasteiger partial charge in [0.1, 0.15) is 31.4 Å². The molecule has 8 rings (SSSR count). The standard InChI is InChI=1S/C32H40BrN5O5.C15H23NO3/c1-16(2)12-24-29(40)37-11-7-10-25(37)32(42)38(24)30(41)31(43-32,17(3)4)35-28(39)18-13-20-19-8-6-9-22-26(19)21(27(33)34-22)14-23(20)36(5)15-18;1-4-9-18-14-7-5-6-8-15(14)19-11-13(17)10-16-12(2)3/h6,8-9,13,16-18,23-25,34,42H,7,10-12,14-15H2,1-5H3,(H,35,39);4-8,12-13,16-17H,1,9-11H2,2-3H3/t18-,23-,24+,25+,31-,32+;/m1./s1. The second-order valence-corrected chi connectivity index (χ2v) is 19.1. The van der Waals surface area contributed by atoms with Crippen LogP contribution in [0.2, 0.25) is 0 Å². The first-order chi connectivity index (χ1) is 29.5. The van der Waals surface area contributed by atoms with Crippen LogP contribution in [0.25, 0.3) is 16.5 Å². The second kappa shape index (κ2) is 18.5. The van der Waals surface area contributed by atoms with E-state index in [1.165, 1.54) is 15.8 Å². The van der Waals surface area contributed by atoms with E-state index >= 15 is 0 Å². The minimum atomic E-state index is -2.01. The Morgan fingerprint density at radius 1 is 1.10 bits per heavy atom. The second-order valence-electron chi connectivity index (χ2n) is 18.3. The highest BCUT2D eigenvalue weighted by atomic mass is 79.9. The Morgan fingerprint density at radius 3 is 2.50 bits per heavy atom. The van der Waals surface area contributed by atoms with Crippen LogP contribution >= 0.6 is 15.9 Å². The van der Waals surface area contributed by atoms with Gasteiger partial charge in [0.25, 0.3) is 11.8 Å². The van der Waals surface area contributed by atoms with Crippen LogP contribution < -0.4 is 20.1 Å². The molecule has 2 aromatic carbocycles. The first-order valence-corrected chi connectivity index (χ1v) is 22.8. The summed E-state index contributed by atoms with van der Waals surface area (Å²) in [5, 5.41) is 29.3. The first-order valence-electron chi connectivity index (χ1n) is 22.0. The number of aliphatic hydroxyl groups is 2. The van der Waals surface area contributed by atoms with Crippen LogP contribution in [0.15, 0.2) is 65.8 Å². The molecule has 1 aromatic heterocycles. The Bertz CT molecular complexity index is 2190. The van der Waals surface area contributed by atoms with Crippen molar-refractivity contribution in [2.75, 3.05) is 39.9 Å². The number of hydrogen-bond donors (Lipinski definition) is 5. The smallest absolute Gasteiger partial charge is 0.281 e. The number of piperazine rings is 1. The number of rotatable bonds is 14. The number of ether oxygens (including phenoxy) is 3. The number of carbonyl (C=O) groups is 3. The van der Waals surface area contributed by atoms with Gasteiger partial charge in [0.05, 0.1) is 10.5 Å². The summed E-state index contributed by atoms with van der Waals surface area (Å²) in [6, 6.07) is 12.5. The molecule has 0 bridgehead atoms. The highest BCUT2D eigenvalue weighted by Gasteiger charge is 2.72. The third-order valence-corrected chi connectivity index (χ3v) is 13.3. The van der Waals surface area contributed by atoms with Gasteiger partial charge < -0.3 is 40.2 Å². The van der Waals surface area contributed by atoms with E-state index in [4.69, 9.17) is 14.2 Å². The Balaban J connectivity index is 0.000000257. The van der Waals surface area contributed by atoms with E-state index in [0.29, 0.717) is 56.6 Å². The topological polar surface area (TPSA) is 169 Å². The monoisotopic (exact) mass is 918 g/mol. The molecule has 1 unspecified atom stereocenters. The number of nitrogens with zero attached hydrogens (tertiary/aromatic N) is 3. The molecule has 0 spiro atoms. The summed E-state index contributed by atoms with van der Waals surface area (Å²) < 4.78 is 18.5. The van der Waals surface area contributed by atoms with Gasteiger partial charge in [-0.25, -0.2) is 0 Å². The number of benzene rings is 2. The van der Waals surface area contributed by atoms with E-state index in [1.54, 1.807) is 24.8 Å². The maximum absolute atomic E-state index is 14.4. The van der Waals surface area contributed by atoms with Gasteiger partial charge in [-0.2, -0.15) is 0 Å². The molecule has 62 heavy (non-hydrogen) atoms. The molecule has 3 saturated heterocycles. The lowest BCUT2D eigenvalue weighted by Crippen LogP contribution is -2.71. The average molecular weight is 920 g/mol. The molecule has 3 aromatic rings. The molecule has 7 atom stereocenters. The van der Waals surface area contributed by atoms with Crippen LogP contribution in [0, 0.1) is 17.8 Å². The highest BCUT2D eigenvalue weighted by molar-refractivity contribution is 9.10. The summed E-state index contributed by atoms with van der Waals surface area (Å²) in [5.41, 5.74) is 2.68. The van der Waals surface area contributed by atoms with Crippen LogP contribution in [-0.2, 0) is 25.5 Å². The van der Waals surface area contributed by atoms with E-state index in [2.05, 4.69) is 55.2 Å². The van der Waals surface area contributed by atoms with E-state index < -0.39 is 47.6 Å². The number of carbonyl (C=O) groups excluding carboxylic acids is 3. The average Bonchev–Trinajstić information content (AvgIpc) is 3.92. The zero-order valence-corrected chi connectivity index (χ0v) is 38.5. The van der Waals surface area contributed by atoms with Crippen LogP contribution in [0.4, 0.5) is 0 Å². The molecule has 4 aliphatic heterocycles. The Hall–Kier alpha value is -4.25. The lowest BCUT2D eigenvalue weighted by molar-refractivity contribution is -0.322. The van der Waals surface area contributed by atoms with E-state index in [-0.39, 0.29) is 30.4 Å². The van der Waals surface area contributed by atoms with Gasteiger partial charge in [0.2, 0.25) is 17.5 Å². The van der Waals surface area contributed by atoms with Gasteiger partial charge in [0.15, 0.2) is 11.5 Å². The van der Waals surface area contributed by atoms with Crippen molar-refractivity contribution < 1.29 is 38.8 Å². The number of halogens is 1. The molecule has 3 fully saturated rings. The van der Waals surface area contributed by atoms with Gasteiger partial charge in [-0.3, -0.25) is 28.9 Å². The number of aromatic amines is 1. The Labute approximate surface area is 373 Å². The fourth-order valence-corrected chi connectivity index (χ4v) is 10.2. The number of H-pyrrole nitrogens is 1. The molecule has 1 aliphatic carbocycles. The van der Waals surface area contributed by atoms with Crippen molar-refractivity contribution in [1.29, 1.82) is 0 Å². The maximum Gasteiger partial charge on any atom is 0.281 e. The fraction of sp³-hybridized carbons (Fsp3) is 0.553. The van der Waals surface area contributed by atoms with Crippen molar-refractivity contribution in [3.05, 3.63) is 76.9 Å². The van der Waals surface area contributed by atoms with Gasteiger partial charge in [-0.1, -0.05) is 84.5 Å². The van der Waals surface area contributed by atoms with Gasteiger partial charge >= 0.3 is 0 Å². The summed E-state index contributed by atoms with van der Waals surface area (Å²) in [6.45, 7) is 17.4. The molecule has 5 heterocycles. The summed E-state index contributed by atoms with van der Waals surface area (Å²) in [4.78, 5) is 50.8. The molecule has 0 radical (unpaired) electrons. The SMILES string of the molecule is C=CCOc1ccccc1OCC(O)CNC(C)C.CC(C)C[C@H]1C(=O)N2CCC[C@H]2[C@]2(O)O[C@](NC(=O)[C@@H]3C=C4c5cccc6[nH]c(Br)c(c56)C[C@H]4N(C)C3)(C(C)C)C(=O)N12. The maximum atomic E-state index is 14.4. The van der Waals surface area contributed by atoms with Crippen molar-refractivity contribution >= 4 is 50.1 Å². The Morgan fingerprint density at radius 2 is 1.82 bits per heavy atom. The number of aromatic nitrogens is 1. The normalized spacial score (nSPS) is 27.1. The Kier molecular flexibility index (Phi) is 13.6. The number of amides is 3.